The number of esters is 1. The summed E-state index contributed by atoms with van der Waals surface area (Å²) in [4.78, 5) is 11.1. The van der Waals surface area contributed by atoms with E-state index in [4.69, 9.17) is 4.74 Å². The van der Waals surface area contributed by atoms with Crippen molar-refractivity contribution in [3.8, 4) is 0 Å². The van der Waals surface area contributed by atoms with E-state index in [1.807, 2.05) is 20.8 Å². The number of hydrogen-bond acceptors (Lipinski definition) is 2. The van der Waals surface area contributed by atoms with Gasteiger partial charge < -0.3 is 4.74 Å². The zero-order chi connectivity index (χ0) is 7.78. The first kappa shape index (κ1) is 7.58. The summed E-state index contributed by atoms with van der Waals surface area (Å²) in [7, 11) is 0. The van der Waals surface area contributed by atoms with E-state index in [0.29, 0.717) is 0 Å². The van der Waals surface area contributed by atoms with Crippen LogP contribution in [0.25, 0.3) is 0 Å². The fourth-order valence-corrected chi connectivity index (χ4v) is 0.514. The van der Waals surface area contributed by atoms with Gasteiger partial charge in [-0.2, -0.15) is 0 Å². The fourth-order valence-electron chi connectivity index (χ4n) is 0.514. The molecule has 0 heterocycles. The highest BCUT2D eigenvalue weighted by atomic mass is 16.5. The second-order valence-electron chi connectivity index (χ2n) is 3.85. The van der Waals surface area contributed by atoms with E-state index in [1.54, 1.807) is 0 Å². The van der Waals surface area contributed by atoms with Gasteiger partial charge in [0.15, 0.2) is 0 Å². The van der Waals surface area contributed by atoms with E-state index in [-0.39, 0.29) is 17.5 Å². The molecule has 0 bridgehead atoms. The lowest BCUT2D eigenvalue weighted by Crippen LogP contribution is -2.23. The quantitative estimate of drug-likeness (QED) is 0.521. The first-order chi connectivity index (χ1) is 4.50. The maximum atomic E-state index is 11.1. The number of rotatable bonds is 1. The van der Waals surface area contributed by atoms with Crippen molar-refractivity contribution in [2.75, 3.05) is 0 Å². The third kappa shape index (κ3) is 2.01. The van der Waals surface area contributed by atoms with Crippen LogP contribution in [0.2, 0.25) is 0 Å². The molecule has 1 aliphatic carbocycles. The van der Waals surface area contributed by atoms with Gasteiger partial charge >= 0.3 is 5.97 Å². The Morgan fingerprint density at radius 1 is 1.40 bits per heavy atom. The molecular weight excluding hydrogens is 128 g/mol. The van der Waals surface area contributed by atoms with Gasteiger partial charge in [-0.05, 0) is 33.6 Å². The Kier molecular flexibility index (Phi) is 1.71. The third-order valence-corrected chi connectivity index (χ3v) is 1.41. The first-order valence-corrected chi connectivity index (χ1v) is 3.71. The molecule has 1 aliphatic rings. The van der Waals surface area contributed by atoms with Crippen molar-refractivity contribution >= 4 is 5.97 Å². The summed E-state index contributed by atoms with van der Waals surface area (Å²) < 4.78 is 5.09. The number of ether oxygens (including phenoxy) is 1. The van der Waals surface area contributed by atoms with E-state index >= 15 is 0 Å². The Morgan fingerprint density at radius 3 is 2.20 bits per heavy atom. The highest BCUT2D eigenvalue weighted by Crippen LogP contribution is 2.27. The smallest absolute Gasteiger partial charge is 0.311 e. The van der Waals surface area contributed by atoms with Gasteiger partial charge in [-0.25, -0.2) is 0 Å². The summed E-state index contributed by atoms with van der Waals surface area (Å²) in [5, 5.41) is 0. The van der Waals surface area contributed by atoms with Gasteiger partial charge in [0.2, 0.25) is 0 Å². The van der Waals surface area contributed by atoms with Crippen molar-refractivity contribution in [3.05, 3.63) is 0 Å². The van der Waals surface area contributed by atoms with Gasteiger partial charge in [-0.15, -0.1) is 0 Å². The standard InChI is InChI=1S/C8H14O2/c1-8(2,3)7(9)10-6-4-5-6/h6H,4-5H2,1-3H3. The molecule has 0 N–H and O–H groups in total. The minimum Gasteiger partial charge on any atom is -0.462 e. The summed E-state index contributed by atoms with van der Waals surface area (Å²) >= 11 is 0. The maximum absolute atomic E-state index is 11.1. The monoisotopic (exact) mass is 142 g/mol. The summed E-state index contributed by atoms with van der Waals surface area (Å²) in [6, 6.07) is 0. The topological polar surface area (TPSA) is 26.3 Å². The number of carbonyl (C=O) groups is 1. The predicted molar refractivity (Wildman–Crippen MR) is 38.6 cm³/mol. The van der Waals surface area contributed by atoms with E-state index in [9.17, 15) is 4.79 Å². The molecule has 10 heavy (non-hydrogen) atoms. The molecule has 0 aromatic rings. The SMILES string of the molecule is CC(C)(C)C(=O)OC1CC1. The Labute approximate surface area is 61.6 Å². The summed E-state index contributed by atoms with van der Waals surface area (Å²) in [6.07, 6.45) is 2.36. The summed E-state index contributed by atoms with van der Waals surface area (Å²) in [5.41, 5.74) is -0.331. The van der Waals surface area contributed by atoms with Gasteiger partial charge in [0.25, 0.3) is 0 Å². The van der Waals surface area contributed by atoms with Crippen molar-refractivity contribution < 1.29 is 9.53 Å². The average Bonchev–Trinajstić information content (AvgIpc) is 2.47. The summed E-state index contributed by atoms with van der Waals surface area (Å²) in [5.74, 6) is -0.0741. The lowest BCUT2D eigenvalue weighted by molar-refractivity contribution is -0.154. The van der Waals surface area contributed by atoms with Crippen LogP contribution >= 0.6 is 0 Å². The third-order valence-electron chi connectivity index (χ3n) is 1.41. The van der Waals surface area contributed by atoms with Gasteiger partial charge in [0.05, 0.1) is 5.41 Å². The van der Waals surface area contributed by atoms with Gasteiger partial charge in [-0.1, -0.05) is 0 Å². The van der Waals surface area contributed by atoms with Crippen LogP contribution in [0, 0.1) is 5.41 Å². The van der Waals surface area contributed by atoms with Crippen LogP contribution in [0.5, 0.6) is 0 Å². The van der Waals surface area contributed by atoms with E-state index in [0.717, 1.165) is 12.8 Å². The van der Waals surface area contributed by atoms with E-state index in [1.165, 1.54) is 0 Å². The molecule has 0 aromatic carbocycles. The van der Waals surface area contributed by atoms with Crippen molar-refractivity contribution in [2.24, 2.45) is 5.41 Å². The van der Waals surface area contributed by atoms with Crippen LogP contribution in [-0.4, -0.2) is 12.1 Å². The second kappa shape index (κ2) is 2.26. The normalized spacial score (nSPS) is 18.7. The second-order valence-corrected chi connectivity index (χ2v) is 3.85. The average molecular weight is 142 g/mol. The molecule has 1 fully saturated rings. The highest BCUT2D eigenvalue weighted by molar-refractivity contribution is 5.75. The maximum Gasteiger partial charge on any atom is 0.311 e. The lowest BCUT2D eigenvalue weighted by Gasteiger charge is -2.15. The minimum atomic E-state index is -0.331. The molecule has 1 saturated carbocycles. The van der Waals surface area contributed by atoms with Crippen molar-refractivity contribution in [2.45, 2.75) is 39.7 Å². The number of hydrogen-bond donors (Lipinski definition) is 0. The Hall–Kier alpha value is -0.530. The number of carbonyl (C=O) groups excluding carboxylic acids is 1. The molecule has 0 atom stereocenters. The Bertz CT molecular complexity index is 140. The molecule has 0 saturated heterocycles. The summed E-state index contributed by atoms with van der Waals surface area (Å²) in [6.45, 7) is 5.62. The molecular formula is C8H14O2. The molecule has 0 aromatic heterocycles. The molecule has 0 amide bonds. The Balaban J connectivity index is 2.32. The van der Waals surface area contributed by atoms with Crippen molar-refractivity contribution in [1.29, 1.82) is 0 Å². The molecule has 0 aliphatic heterocycles. The largest absolute Gasteiger partial charge is 0.462 e. The van der Waals surface area contributed by atoms with Crippen molar-refractivity contribution in [3.63, 3.8) is 0 Å². The fraction of sp³-hybridized carbons (Fsp3) is 0.875. The Morgan fingerprint density at radius 2 is 1.90 bits per heavy atom. The predicted octanol–water partition coefficient (Wildman–Crippen LogP) is 1.74. The zero-order valence-corrected chi connectivity index (χ0v) is 6.81. The molecule has 2 nitrogen and oxygen atoms in total. The van der Waals surface area contributed by atoms with Crippen molar-refractivity contribution in [1.82, 2.24) is 0 Å². The van der Waals surface area contributed by atoms with Crippen LogP contribution in [0.15, 0.2) is 0 Å². The van der Waals surface area contributed by atoms with Gasteiger partial charge in [0, 0.05) is 0 Å². The van der Waals surface area contributed by atoms with Crippen LogP contribution in [0.3, 0.4) is 0 Å². The van der Waals surface area contributed by atoms with Crippen LogP contribution in [-0.2, 0) is 9.53 Å². The molecule has 1 rings (SSSR count). The van der Waals surface area contributed by atoms with Crippen LogP contribution in [0.1, 0.15) is 33.6 Å². The van der Waals surface area contributed by atoms with Gasteiger partial charge in [-0.3, -0.25) is 4.79 Å². The molecule has 58 valence electrons. The lowest BCUT2D eigenvalue weighted by atomic mass is 9.97. The molecule has 0 spiro atoms. The van der Waals surface area contributed by atoms with Crippen LogP contribution in [0.4, 0.5) is 0 Å². The molecule has 0 radical (unpaired) electrons. The molecule has 0 unspecified atom stereocenters. The van der Waals surface area contributed by atoms with Crippen LogP contribution < -0.4 is 0 Å². The first-order valence-electron chi connectivity index (χ1n) is 3.71. The highest BCUT2D eigenvalue weighted by Gasteiger charge is 2.31. The minimum absolute atomic E-state index is 0.0741. The zero-order valence-electron chi connectivity index (χ0n) is 6.81. The van der Waals surface area contributed by atoms with E-state index in [2.05, 4.69) is 0 Å². The van der Waals surface area contributed by atoms with E-state index < -0.39 is 0 Å². The molecule has 2 heteroatoms. The van der Waals surface area contributed by atoms with Gasteiger partial charge in [0.1, 0.15) is 6.10 Å².